The van der Waals surface area contributed by atoms with Crippen LogP contribution in [0.1, 0.15) is 77.4 Å². The number of ether oxygens (including phenoxy) is 2. The zero-order valence-electron chi connectivity index (χ0n) is 34.3. The fourth-order valence-electron chi connectivity index (χ4n) is 8.23. The minimum absolute atomic E-state index is 0.178. The highest BCUT2D eigenvalue weighted by Crippen LogP contribution is 2.48. The van der Waals surface area contributed by atoms with Gasteiger partial charge in [-0.3, -0.25) is 9.36 Å². The van der Waals surface area contributed by atoms with Gasteiger partial charge < -0.3 is 34.0 Å². The van der Waals surface area contributed by atoms with E-state index in [-0.39, 0.29) is 23.7 Å². The predicted octanol–water partition coefficient (Wildman–Crippen LogP) is 8.38. The molecule has 2 N–H and O–H groups in total. The fraction of sp³-hybridized carbons (Fsp3) is 0.364. The second-order valence-corrected chi connectivity index (χ2v) is 18.0. The molecule has 0 saturated carbocycles. The van der Waals surface area contributed by atoms with E-state index >= 15 is 4.39 Å². The third-order valence-corrected chi connectivity index (χ3v) is 13.3. The van der Waals surface area contributed by atoms with E-state index < -0.39 is 42.5 Å². The molecule has 12 nitrogen and oxygen atoms in total. The monoisotopic (exact) mass is 834 g/mol. The summed E-state index contributed by atoms with van der Waals surface area (Å²) in [4.78, 5) is 41.1. The van der Waals surface area contributed by atoms with E-state index in [2.05, 4.69) is 20.3 Å². The smallest absolute Gasteiger partial charge is 0.464 e. The molecule has 0 aliphatic carbocycles. The van der Waals surface area contributed by atoms with Crippen LogP contribution in [0.5, 0.6) is 5.75 Å². The first-order valence-corrected chi connectivity index (χ1v) is 20.9. The number of halogens is 2. The predicted molar refractivity (Wildman–Crippen MR) is 225 cm³/mol. The Morgan fingerprint density at radius 3 is 2.45 bits per heavy atom. The van der Waals surface area contributed by atoms with Crippen LogP contribution in [-0.2, 0) is 18.8 Å². The minimum Gasteiger partial charge on any atom is -0.464 e. The zero-order chi connectivity index (χ0) is 42.2. The summed E-state index contributed by atoms with van der Waals surface area (Å²) in [5, 5.41) is 4.21. The third kappa shape index (κ3) is 6.83. The van der Waals surface area contributed by atoms with Crippen LogP contribution >= 0.6 is 11.3 Å². The highest BCUT2D eigenvalue weighted by molar-refractivity contribution is 7.15. The first kappa shape index (κ1) is 39.9. The quantitative estimate of drug-likeness (QED) is 0.146. The first-order valence-electron chi connectivity index (χ1n) is 20.1. The molecule has 3 aliphatic rings. The number of rotatable bonds is 8. The maximum atomic E-state index is 16.8. The summed E-state index contributed by atoms with van der Waals surface area (Å²) in [5.41, 5.74) is 3.35. The van der Waals surface area contributed by atoms with Crippen LogP contribution in [0.4, 0.5) is 13.6 Å². The average molecular weight is 835 g/mol. The lowest BCUT2D eigenvalue weighted by Crippen LogP contribution is -2.51. The van der Waals surface area contributed by atoms with Gasteiger partial charge in [0, 0.05) is 29.3 Å². The number of fused-ring (bicyclic) bond motifs is 5. The SMILES string of the molecule is COC(=O)NC(C(=O)N1CCCC1c1ncc(-c2cc(F)c3c(c2)OC(c2cnc(-c4ccc(F)cc4)s2)n2c-3cc3cc(B4OC(C)(C)C(C)(C)O4)ccc32)[nH]1)C(C)C. The first-order chi connectivity index (χ1) is 28.6. The maximum absolute atomic E-state index is 16.8. The van der Waals surface area contributed by atoms with Gasteiger partial charge in [-0.05, 0) is 100 Å². The van der Waals surface area contributed by atoms with Crippen LogP contribution in [0.25, 0.3) is 44.0 Å². The molecule has 0 spiro atoms. The van der Waals surface area contributed by atoms with Crippen LogP contribution in [-0.4, -0.2) is 74.4 Å². The number of amides is 2. The Kier molecular flexibility index (Phi) is 9.87. The molecule has 0 bridgehead atoms. The Bertz CT molecular complexity index is 2620. The number of alkyl carbamates (subject to hydrolysis) is 1. The molecule has 310 valence electrons. The topological polar surface area (TPSA) is 133 Å². The van der Waals surface area contributed by atoms with Gasteiger partial charge in [-0.25, -0.2) is 23.5 Å². The fourth-order valence-corrected chi connectivity index (χ4v) is 9.18. The molecule has 3 aliphatic heterocycles. The molecular weight excluding hydrogens is 789 g/mol. The number of aromatic amines is 1. The minimum atomic E-state index is -0.775. The van der Waals surface area contributed by atoms with Gasteiger partial charge in [-0.2, -0.15) is 0 Å². The Morgan fingerprint density at radius 2 is 1.73 bits per heavy atom. The normalized spacial score (nSPS) is 19.6. The van der Waals surface area contributed by atoms with E-state index in [4.69, 9.17) is 18.8 Å². The number of carbonyl (C=O) groups is 2. The molecule has 6 aromatic rings. The van der Waals surface area contributed by atoms with Crippen molar-refractivity contribution in [3.63, 3.8) is 0 Å². The maximum Gasteiger partial charge on any atom is 0.494 e. The van der Waals surface area contributed by atoms with Gasteiger partial charge in [-0.1, -0.05) is 26.0 Å². The van der Waals surface area contributed by atoms with Crippen molar-refractivity contribution in [3.8, 4) is 38.8 Å². The highest BCUT2D eigenvalue weighted by Gasteiger charge is 2.52. The van der Waals surface area contributed by atoms with E-state index in [0.717, 1.165) is 33.2 Å². The van der Waals surface area contributed by atoms with Crippen LogP contribution in [0.3, 0.4) is 0 Å². The van der Waals surface area contributed by atoms with Crippen LogP contribution in [0.2, 0.25) is 0 Å². The van der Waals surface area contributed by atoms with E-state index in [9.17, 15) is 14.0 Å². The van der Waals surface area contributed by atoms with Crippen LogP contribution in [0, 0.1) is 17.6 Å². The van der Waals surface area contributed by atoms with Gasteiger partial charge in [0.2, 0.25) is 12.1 Å². The molecule has 0 radical (unpaired) electrons. The summed E-state index contributed by atoms with van der Waals surface area (Å²) in [5.74, 6) is -0.341. The lowest BCUT2D eigenvalue weighted by atomic mass is 9.78. The van der Waals surface area contributed by atoms with Crippen LogP contribution < -0.4 is 15.5 Å². The molecule has 16 heteroatoms. The second kappa shape index (κ2) is 14.9. The van der Waals surface area contributed by atoms with Crippen LogP contribution in [0.15, 0.2) is 73.1 Å². The van der Waals surface area contributed by atoms with Crippen molar-refractivity contribution < 1.29 is 37.2 Å². The lowest BCUT2D eigenvalue weighted by molar-refractivity contribution is -0.135. The zero-order valence-corrected chi connectivity index (χ0v) is 35.2. The average Bonchev–Trinajstić information content (AvgIpc) is 4.06. The number of nitrogens with zero attached hydrogens (tertiary/aromatic N) is 4. The lowest BCUT2D eigenvalue weighted by Gasteiger charge is -2.32. The molecule has 3 unspecified atom stereocenters. The van der Waals surface area contributed by atoms with Crippen molar-refractivity contribution in [1.29, 1.82) is 0 Å². The molecule has 2 amide bonds. The Hall–Kier alpha value is -5.58. The molecule has 60 heavy (non-hydrogen) atoms. The Morgan fingerprint density at radius 1 is 0.983 bits per heavy atom. The van der Waals surface area contributed by atoms with E-state index in [1.807, 2.05) is 70.4 Å². The van der Waals surface area contributed by atoms with Crippen molar-refractivity contribution in [3.05, 3.63) is 95.4 Å². The number of aromatic nitrogens is 4. The van der Waals surface area contributed by atoms with Gasteiger partial charge in [0.05, 0.1) is 57.9 Å². The number of hydrogen-bond acceptors (Lipinski definition) is 9. The molecular formula is C44H45BF2N6O6S. The molecule has 2 fully saturated rings. The third-order valence-electron chi connectivity index (χ3n) is 12.2. The summed E-state index contributed by atoms with van der Waals surface area (Å²) >= 11 is 1.41. The standard InChI is InChI=1S/C44H45BF2N6O6S/c1-23(2)37(51-42(55)56-7)40(54)52-16-8-9-32(52)38-48-21-30(50-38)25-18-29(47)36-33-19-26-17-27(45-58-43(3,4)44(5,6)59-45)12-15-31(26)53(33)41(57-34(36)20-25)35-22-49-39(60-35)24-10-13-28(46)14-11-24/h10-15,17-23,32,37,41H,8-9,16H2,1-7H3,(H,48,50)(H,51,55). The van der Waals surface area contributed by atoms with Crippen molar-refractivity contribution >= 4 is 46.8 Å². The summed E-state index contributed by atoms with van der Waals surface area (Å²) < 4.78 is 56.9. The van der Waals surface area contributed by atoms with Gasteiger partial charge in [0.1, 0.15) is 34.3 Å². The Labute approximate surface area is 350 Å². The summed E-state index contributed by atoms with van der Waals surface area (Å²) in [7, 11) is 0.676. The summed E-state index contributed by atoms with van der Waals surface area (Å²) in [6.45, 7) is 12.3. The highest BCUT2D eigenvalue weighted by atomic mass is 32.1. The number of carbonyl (C=O) groups excluding carboxylic acids is 2. The van der Waals surface area contributed by atoms with Gasteiger partial charge in [-0.15, -0.1) is 11.3 Å². The molecule has 2 saturated heterocycles. The molecule has 3 atom stereocenters. The molecule has 3 aromatic heterocycles. The number of nitrogens with one attached hydrogen (secondary N) is 2. The van der Waals surface area contributed by atoms with E-state index in [0.29, 0.717) is 52.1 Å². The van der Waals surface area contributed by atoms with Gasteiger partial charge >= 0.3 is 13.2 Å². The van der Waals surface area contributed by atoms with Gasteiger partial charge in [0.15, 0.2) is 0 Å². The number of benzene rings is 3. The van der Waals surface area contributed by atoms with Gasteiger partial charge in [0.25, 0.3) is 0 Å². The number of imidazole rings is 1. The number of thiazole rings is 1. The number of H-pyrrole nitrogens is 1. The van der Waals surface area contributed by atoms with Crippen molar-refractivity contribution in [2.45, 2.75) is 83.9 Å². The number of hydrogen-bond donors (Lipinski definition) is 2. The number of methoxy groups -OCH3 is 1. The van der Waals surface area contributed by atoms with Crippen molar-refractivity contribution in [2.24, 2.45) is 5.92 Å². The largest absolute Gasteiger partial charge is 0.494 e. The van der Waals surface area contributed by atoms with E-state index in [1.54, 1.807) is 35.5 Å². The molecule has 9 rings (SSSR count). The summed E-state index contributed by atoms with van der Waals surface area (Å²) in [6.07, 6.45) is 3.40. The Balaban J connectivity index is 1.09. The van der Waals surface area contributed by atoms with E-state index in [1.165, 1.54) is 36.6 Å². The van der Waals surface area contributed by atoms with Crippen molar-refractivity contribution in [1.82, 2.24) is 29.7 Å². The molecule has 3 aromatic carbocycles. The summed E-state index contributed by atoms with van der Waals surface area (Å²) in [6, 6.07) is 16.2. The second-order valence-electron chi connectivity index (χ2n) is 16.9. The van der Waals surface area contributed by atoms with Crippen molar-refractivity contribution in [2.75, 3.05) is 13.7 Å². The molecule has 6 heterocycles. The number of likely N-dealkylation sites (tertiary alicyclic amines) is 1.